The summed E-state index contributed by atoms with van der Waals surface area (Å²) in [5.74, 6) is -0.312. The minimum Gasteiger partial charge on any atom is -0.369 e. The van der Waals surface area contributed by atoms with Crippen molar-refractivity contribution in [3.05, 3.63) is 48.6 Å². The van der Waals surface area contributed by atoms with Gasteiger partial charge in [-0.2, -0.15) is 0 Å². The summed E-state index contributed by atoms with van der Waals surface area (Å²) in [4.78, 5) is 12.8. The molecule has 0 aliphatic carbocycles. The van der Waals surface area contributed by atoms with Gasteiger partial charge in [0.1, 0.15) is 0 Å². The SMILES string of the molecule is C=CCN(CC(N)=O)Cc1ccccc1. The van der Waals surface area contributed by atoms with Gasteiger partial charge in [0, 0.05) is 13.1 Å². The zero-order chi connectivity index (χ0) is 11.1. The van der Waals surface area contributed by atoms with Gasteiger partial charge in [-0.1, -0.05) is 36.4 Å². The van der Waals surface area contributed by atoms with Crippen molar-refractivity contribution < 1.29 is 4.79 Å². The number of hydrogen-bond acceptors (Lipinski definition) is 2. The van der Waals surface area contributed by atoms with Gasteiger partial charge < -0.3 is 5.73 Å². The third kappa shape index (κ3) is 4.42. The average Bonchev–Trinajstić information content (AvgIpc) is 2.18. The highest BCUT2D eigenvalue weighted by Crippen LogP contribution is 2.03. The van der Waals surface area contributed by atoms with Crippen LogP contribution in [-0.4, -0.2) is 23.9 Å². The smallest absolute Gasteiger partial charge is 0.231 e. The van der Waals surface area contributed by atoms with E-state index in [9.17, 15) is 4.79 Å². The zero-order valence-corrected chi connectivity index (χ0v) is 8.73. The molecule has 0 spiro atoms. The van der Waals surface area contributed by atoms with Crippen molar-refractivity contribution in [2.45, 2.75) is 6.54 Å². The maximum atomic E-state index is 10.8. The topological polar surface area (TPSA) is 46.3 Å². The fourth-order valence-corrected chi connectivity index (χ4v) is 1.43. The Balaban J connectivity index is 2.58. The van der Waals surface area contributed by atoms with Gasteiger partial charge in [-0.05, 0) is 5.56 Å². The summed E-state index contributed by atoms with van der Waals surface area (Å²) in [6, 6.07) is 9.97. The number of benzene rings is 1. The highest BCUT2D eigenvalue weighted by atomic mass is 16.1. The van der Waals surface area contributed by atoms with Gasteiger partial charge in [0.25, 0.3) is 0 Å². The highest BCUT2D eigenvalue weighted by Gasteiger charge is 2.06. The van der Waals surface area contributed by atoms with E-state index in [4.69, 9.17) is 5.73 Å². The number of hydrogen-bond donors (Lipinski definition) is 1. The first-order valence-electron chi connectivity index (χ1n) is 4.88. The second-order valence-corrected chi connectivity index (χ2v) is 3.41. The molecule has 3 heteroatoms. The molecule has 0 atom stereocenters. The molecule has 80 valence electrons. The minimum absolute atomic E-state index is 0.265. The third-order valence-electron chi connectivity index (χ3n) is 2.02. The number of primary amides is 1. The number of nitrogens with zero attached hydrogens (tertiary/aromatic N) is 1. The van der Waals surface area contributed by atoms with Crippen LogP contribution in [0.2, 0.25) is 0 Å². The average molecular weight is 204 g/mol. The molecule has 1 amide bonds. The van der Waals surface area contributed by atoms with Gasteiger partial charge in [0.15, 0.2) is 0 Å². The molecule has 0 bridgehead atoms. The van der Waals surface area contributed by atoms with E-state index in [1.807, 2.05) is 35.2 Å². The maximum absolute atomic E-state index is 10.8. The first-order chi connectivity index (χ1) is 7.22. The van der Waals surface area contributed by atoms with Crippen molar-refractivity contribution >= 4 is 5.91 Å². The van der Waals surface area contributed by atoms with Gasteiger partial charge in [0.05, 0.1) is 6.54 Å². The monoisotopic (exact) mass is 204 g/mol. The van der Waals surface area contributed by atoms with Gasteiger partial charge in [-0.25, -0.2) is 0 Å². The number of rotatable bonds is 6. The molecule has 2 N–H and O–H groups in total. The van der Waals surface area contributed by atoms with E-state index in [-0.39, 0.29) is 12.5 Å². The standard InChI is InChI=1S/C12H16N2O/c1-2-8-14(10-12(13)15)9-11-6-4-3-5-7-11/h2-7H,1,8-10H2,(H2,13,15). The van der Waals surface area contributed by atoms with Crippen molar-refractivity contribution in [1.29, 1.82) is 0 Å². The summed E-state index contributed by atoms with van der Waals surface area (Å²) < 4.78 is 0. The predicted octanol–water partition coefficient (Wildman–Crippen LogP) is 1.16. The van der Waals surface area contributed by atoms with Crippen LogP contribution in [-0.2, 0) is 11.3 Å². The van der Waals surface area contributed by atoms with Crippen molar-refractivity contribution in [2.24, 2.45) is 5.73 Å². The lowest BCUT2D eigenvalue weighted by atomic mass is 10.2. The molecule has 1 aromatic rings. The summed E-state index contributed by atoms with van der Waals surface area (Å²) in [7, 11) is 0. The summed E-state index contributed by atoms with van der Waals surface area (Å²) in [6.07, 6.45) is 1.77. The van der Waals surface area contributed by atoms with Crippen LogP contribution in [0.3, 0.4) is 0 Å². The molecule has 0 heterocycles. The Morgan fingerprint density at radius 2 is 2.07 bits per heavy atom. The molecule has 0 fully saturated rings. The second-order valence-electron chi connectivity index (χ2n) is 3.41. The van der Waals surface area contributed by atoms with Crippen LogP contribution in [0.5, 0.6) is 0 Å². The molecule has 0 aromatic heterocycles. The maximum Gasteiger partial charge on any atom is 0.231 e. The number of nitrogens with two attached hydrogens (primary N) is 1. The Kier molecular flexibility index (Phi) is 4.57. The van der Waals surface area contributed by atoms with Crippen LogP contribution in [0.15, 0.2) is 43.0 Å². The largest absolute Gasteiger partial charge is 0.369 e. The van der Waals surface area contributed by atoms with Crippen LogP contribution in [0.25, 0.3) is 0 Å². The molecule has 0 aliphatic rings. The van der Waals surface area contributed by atoms with E-state index in [0.29, 0.717) is 6.54 Å². The Morgan fingerprint density at radius 1 is 1.40 bits per heavy atom. The van der Waals surface area contributed by atoms with Crippen LogP contribution in [0.4, 0.5) is 0 Å². The van der Waals surface area contributed by atoms with Gasteiger partial charge in [-0.3, -0.25) is 9.69 Å². The van der Waals surface area contributed by atoms with E-state index in [0.717, 1.165) is 6.54 Å². The third-order valence-corrected chi connectivity index (χ3v) is 2.02. The lowest BCUT2D eigenvalue weighted by Gasteiger charge is -2.18. The molecule has 0 unspecified atom stereocenters. The lowest BCUT2D eigenvalue weighted by molar-refractivity contribution is -0.119. The van der Waals surface area contributed by atoms with Crippen LogP contribution >= 0.6 is 0 Å². The Hall–Kier alpha value is -1.61. The Bertz CT molecular complexity index is 322. The van der Waals surface area contributed by atoms with E-state index < -0.39 is 0 Å². The van der Waals surface area contributed by atoms with Crippen molar-refractivity contribution in [3.8, 4) is 0 Å². The molecule has 1 rings (SSSR count). The molecular weight excluding hydrogens is 188 g/mol. The van der Waals surface area contributed by atoms with Crippen LogP contribution in [0.1, 0.15) is 5.56 Å². The minimum atomic E-state index is -0.312. The highest BCUT2D eigenvalue weighted by molar-refractivity contribution is 5.75. The molecule has 0 saturated carbocycles. The number of carbonyl (C=O) groups is 1. The fraction of sp³-hybridized carbons (Fsp3) is 0.250. The van der Waals surface area contributed by atoms with Crippen molar-refractivity contribution in [3.63, 3.8) is 0 Å². The van der Waals surface area contributed by atoms with E-state index in [1.165, 1.54) is 5.56 Å². The summed E-state index contributed by atoms with van der Waals surface area (Å²) in [6.45, 7) is 5.30. The molecule has 3 nitrogen and oxygen atoms in total. The van der Waals surface area contributed by atoms with Crippen LogP contribution in [0, 0.1) is 0 Å². The molecule has 0 saturated heterocycles. The Labute approximate surface area is 90.2 Å². The van der Waals surface area contributed by atoms with Crippen molar-refractivity contribution in [2.75, 3.05) is 13.1 Å². The van der Waals surface area contributed by atoms with Gasteiger partial charge in [0.2, 0.25) is 5.91 Å². The summed E-state index contributed by atoms with van der Waals surface area (Å²) >= 11 is 0. The molecule has 0 radical (unpaired) electrons. The molecular formula is C12H16N2O. The first kappa shape index (κ1) is 11.5. The second kappa shape index (κ2) is 5.98. The normalized spacial score (nSPS) is 10.2. The number of amides is 1. The predicted molar refractivity (Wildman–Crippen MR) is 61.1 cm³/mol. The fourth-order valence-electron chi connectivity index (χ4n) is 1.43. The Morgan fingerprint density at radius 3 is 2.60 bits per heavy atom. The van der Waals surface area contributed by atoms with Crippen molar-refractivity contribution in [1.82, 2.24) is 4.90 Å². The number of carbonyl (C=O) groups excluding carboxylic acids is 1. The van der Waals surface area contributed by atoms with Gasteiger partial charge in [-0.15, -0.1) is 6.58 Å². The quantitative estimate of drug-likeness (QED) is 0.707. The zero-order valence-electron chi connectivity index (χ0n) is 8.73. The van der Waals surface area contributed by atoms with E-state index >= 15 is 0 Å². The summed E-state index contributed by atoms with van der Waals surface area (Å²) in [5.41, 5.74) is 6.33. The molecule has 0 aliphatic heterocycles. The lowest BCUT2D eigenvalue weighted by Crippen LogP contribution is -2.33. The first-order valence-corrected chi connectivity index (χ1v) is 4.88. The summed E-state index contributed by atoms with van der Waals surface area (Å²) in [5, 5.41) is 0. The van der Waals surface area contributed by atoms with Crippen LogP contribution < -0.4 is 5.73 Å². The molecule has 15 heavy (non-hydrogen) atoms. The molecule has 1 aromatic carbocycles. The van der Waals surface area contributed by atoms with E-state index in [2.05, 4.69) is 6.58 Å². The van der Waals surface area contributed by atoms with E-state index in [1.54, 1.807) is 6.08 Å². The van der Waals surface area contributed by atoms with Gasteiger partial charge >= 0.3 is 0 Å².